The Hall–Kier alpha value is -2.34. The lowest BCUT2D eigenvalue weighted by molar-refractivity contribution is -0.149. The highest BCUT2D eigenvalue weighted by atomic mass is 16.6. The average Bonchev–Trinajstić information content (AvgIpc) is 2.41. The molecular weight excluding hydrogens is 264 g/mol. The summed E-state index contributed by atoms with van der Waals surface area (Å²) < 4.78 is 9.41. The van der Waals surface area contributed by atoms with E-state index in [1.54, 1.807) is 0 Å². The van der Waals surface area contributed by atoms with Crippen LogP contribution in [0.1, 0.15) is 22.8 Å². The van der Waals surface area contributed by atoms with Crippen LogP contribution in [0.2, 0.25) is 0 Å². The maximum Gasteiger partial charge on any atom is 0.339 e. The normalized spacial score (nSPS) is 12.3. The number of methoxy groups -OCH3 is 2. The van der Waals surface area contributed by atoms with E-state index in [9.17, 15) is 19.8 Å². The summed E-state index contributed by atoms with van der Waals surface area (Å²) in [5, 5.41) is 19.6. The summed E-state index contributed by atoms with van der Waals surface area (Å²) in [4.78, 5) is 22.6. The van der Waals surface area contributed by atoms with Crippen LogP contribution in [-0.4, -0.2) is 42.3 Å². The van der Waals surface area contributed by atoms with Crippen LogP contribution >= 0.6 is 0 Å². The Morgan fingerprint density at radius 3 is 2.40 bits per heavy atom. The number of phenolic OH excluding ortho intramolecular Hbond substituents is 2. The molecule has 1 aromatic carbocycles. The molecule has 0 saturated heterocycles. The van der Waals surface area contributed by atoms with Crippen molar-refractivity contribution in [1.82, 2.24) is 0 Å². The minimum absolute atomic E-state index is 0.0312. The fourth-order valence-electron chi connectivity index (χ4n) is 1.60. The second-order valence-electron chi connectivity index (χ2n) is 3.99. The lowest BCUT2D eigenvalue weighted by atomic mass is 10.0. The van der Waals surface area contributed by atoms with Gasteiger partial charge in [-0.05, 0) is 31.2 Å². The van der Waals surface area contributed by atoms with Crippen molar-refractivity contribution in [1.29, 1.82) is 0 Å². The van der Waals surface area contributed by atoms with Gasteiger partial charge in [-0.2, -0.15) is 0 Å². The second-order valence-corrected chi connectivity index (χ2v) is 3.99. The average molecular weight is 280 g/mol. The molecule has 0 fully saturated rings. The van der Waals surface area contributed by atoms with Crippen molar-refractivity contribution in [2.24, 2.45) is 0 Å². The van der Waals surface area contributed by atoms with E-state index in [2.05, 4.69) is 4.74 Å². The molecule has 6 nitrogen and oxygen atoms in total. The Bertz CT molecular complexity index is 547. The summed E-state index contributed by atoms with van der Waals surface area (Å²) in [5.74, 6) is -1.53. The first-order chi connectivity index (χ1) is 9.42. The van der Waals surface area contributed by atoms with E-state index in [1.165, 1.54) is 45.4 Å². The highest BCUT2D eigenvalue weighted by molar-refractivity contribution is 5.98. The first-order valence-electron chi connectivity index (χ1n) is 5.77. The van der Waals surface area contributed by atoms with E-state index < -0.39 is 12.1 Å². The van der Waals surface area contributed by atoms with Crippen molar-refractivity contribution in [3.05, 3.63) is 29.3 Å². The molecule has 108 valence electrons. The third-order valence-electron chi connectivity index (χ3n) is 2.70. The summed E-state index contributed by atoms with van der Waals surface area (Å²) in [5.41, 5.74) is 0.109. The van der Waals surface area contributed by atoms with Gasteiger partial charge >= 0.3 is 5.97 Å². The lowest BCUT2D eigenvalue weighted by Crippen LogP contribution is -2.21. The number of benzene rings is 1. The number of rotatable bonds is 5. The molecule has 2 N–H and O–H groups in total. The van der Waals surface area contributed by atoms with Gasteiger partial charge in [0.05, 0.1) is 18.2 Å². The first-order valence-corrected chi connectivity index (χ1v) is 5.77. The molecule has 1 rings (SSSR count). The van der Waals surface area contributed by atoms with Crippen molar-refractivity contribution in [3.8, 4) is 11.5 Å². The van der Waals surface area contributed by atoms with Gasteiger partial charge in [-0.3, -0.25) is 4.79 Å². The van der Waals surface area contributed by atoms with E-state index in [0.717, 1.165) is 0 Å². The summed E-state index contributed by atoms with van der Waals surface area (Å²) >= 11 is 0. The Morgan fingerprint density at radius 2 is 1.90 bits per heavy atom. The number of phenols is 2. The van der Waals surface area contributed by atoms with Crippen molar-refractivity contribution in [2.75, 3.05) is 14.2 Å². The van der Waals surface area contributed by atoms with E-state index >= 15 is 0 Å². The number of ketones is 1. The smallest absolute Gasteiger partial charge is 0.339 e. The summed E-state index contributed by atoms with van der Waals surface area (Å²) in [6, 6.07) is 2.61. The minimum Gasteiger partial charge on any atom is -0.507 e. The lowest BCUT2D eigenvalue weighted by Gasteiger charge is -2.09. The molecule has 1 atom stereocenters. The molecule has 6 heteroatoms. The van der Waals surface area contributed by atoms with Crippen molar-refractivity contribution < 1.29 is 29.3 Å². The predicted molar refractivity (Wildman–Crippen MR) is 71.6 cm³/mol. The van der Waals surface area contributed by atoms with Gasteiger partial charge in [0.1, 0.15) is 11.5 Å². The summed E-state index contributed by atoms with van der Waals surface area (Å²) in [6.07, 6.45) is 1.63. The molecular formula is C14H16O6. The zero-order valence-corrected chi connectivity index (χ0v) is 11.4. The number of hydrogen-bond donors (Lipinski definition) is 2. The predicted octanol–water partition coefficient (Wildman–Crippen LogP) is 1.50. The Labute approximate surface area is 116 Å². The third kappa shape index (κ3) is 3.36. The van der Waals surface area contributed by atoms with Crippen molar-refractivity contribution in [3.63, 3.8) is 0 Å². The zero-order valence-electron chi connectivity index (χ0n) is 11.4. The third-order valence-corrected chi connectivity index (χ3v) is 2.70. The number of aromatic hydroxyl groups is 2. The molecule has 0 spiro atoms. The molecule has 0 aliphatic heterocycles. The fourth-order valence-corrected chi connectivity index (χ4v) is 1.60. The molecule has 0 radical (unpaired) electrons. The minimum atomic E-state index is -0.972. The highest BCUT2D eigenvalue weighted by Crippen LogP contribution is 2.32. The van der Waals surface area contributed by atoms with E-state index in [4.69, 9.17) is 4.74 Å². The SMILES string of the molecule is COC(=O)C(C=Cc1c(O)ccc(C(C)=O)c1O)OC. The number of esters is 1. The van der Waals surface area contributed by atoms with E-state index in [1.807, 2.05) is 0 Å². The molecule has 0 aliphatic carbocycles. The largest absolute Gasteiger partial charge is 0.507 e. The molecule has 0 aromatic heterocycles. The Morgan fingerprint density at radius 1 is 1.25 bits per heavy atom. The molecule has 0 amide bonds. The highest BCUT2D eigenvalue weighted by Gasteiger charge is 2.17. The van der Waals surface area contributed by atoms with Crippen LogP contribution in [0.3, 0.4) is 0 Å². The van der Waals surface area contributed by atoms with Gasteiger partial charge in [0, 0.05) is 7.11 Å². The summed E-state index contributed by atoms with van der Waals surface area (Å²) in [6.45, 7) is 1.30. The standard InChI is InChI=1S/C14H16O6/c1-8(15)9-4-6-11(16)10(13(9)17)5-7-12(19-2)14(18)20-3/h4-7,12,16-17H,1-3H3. The van der Waals surface area contributed by atoms with E-state index in [-0.39, 0.29) is 28.4 Å². The second kappa shape index (κ2) is 6.72. The maximum absolute atomic E-state index is 11.3. The van der Waals surface area contributed by atoms with Crippen LogP contribution in [0.15, 0.2) is 18.2 Å². The van der Waals surface area contributed by atoms with E-state index in [0.29, 0.717) is 0 Å². The van der Waals surface area contributed by atoms with Crippen LogP contribution in [0, 0.1) is 0 Å². The maximum atomic E-state index is 11.3. The number of hydrogen-bond acceptors (Lipinski definition) is 6. The van der Waals surface area contributed by atoms with Crippen molar-refractivity contribution >= 4 is 17.8 Å². The number of carbonyl (C=O) groups excluding carboxylic acids is 2. The fraction of sp³-hybridized carbons (Fsp3) is 0.286. The van der Waals surface area contributed by atoms with Gasteiger partial charge in [0.2, 0.25) is 0 Å². The molecule has 1 aromatic rings. The number of carbonyl (C=O) groups is 2. The zero-order chi connectivity index (χ0) is 15.3. The van der Waals surface area contributed by atoms with Gasteiger partial charge in [-0.1, -0.05) is 0 Å². The van der Waals surface area contributed by atoms with Gasteiger partial charge in [0.15, 0.2) is 11.9 Å². The first kappa shape index (κ1) is 15.7. The van der Waals surface area contributed by atoms with Crippen LogP contribution in [0.4, 0.5) is 0 Å². The van der Waals surface area contributed by atoms with Crippen LogP contribution in [0.25, 0.3) is 6.08 Å². The molecule has 0 saturated carbocycles. The molecule has 1 unspecified atom stereocenters. The van der Waals surface area contributed by atoms with Gasteiger partial charge in [-0.25, -0.2) is 4.79 Å². The van der Waals surface area contributed by atoms with Crippen LogP contribution in [0.5, 0.6) is 11.5 Å². The molecule has 0 aliphatic rings. The molecule has 0 heterocycles. The van der Waals surface area contributed by atoms with Crippen molar-refractivity contribution in [2.45, 2.75) is 13.0 Å². The number of ether oxygens (including phenoxy) is 2. The Kier molecular flexibility index (Phi) is 5.28. The topological polar surface area (TPSA) is 93.1 Å². The van der Waals surface area contributed by atoms with Gasteiger partial charge < -0.3 is 19.7 Å². The van der Waals surface area contributed by atoms with Gasteiger partial charge in [-0.15, -0.1) is 0 Å². The number of Topliss-reactive ketones (excluding diaryl/α,β-unsaturated/α-hetero) is 1. The van der Waals surface area contributed by atoms with Crippen LogP contribution < -0.4 is 0 Å². The van der Waals surface area contributed by atoms with Crippen LogP contribution in [-0.2, 0) is 14.3 Å². The molecule has 0 bridgehead atoms. The summed E-state index contributed by atoms with van der Waals surface area (Å²) in [7, 11) is 2.53. The van der Waals surface area contributed by atoms with Gasteiger partial charge in [0.25, 0.3) is 0 Å². The Balaban J connectivity index is 3.17. The molecule has 20 heavy (non-hydrogen) atoms. The quantitative estimate of drug-likeness (QED) is 0.627. The monoisotopic (exact) mass is 280 g/mol.